The van der Waals surface area contributed by atoms with Crippen molar-refractivity contribution in [2.24, 2.45) is 10.8 Å². The molecule has 0 aromatic heterocycles. The van der Waals surface area contributed by atoms with Crippen molar-refractivity contribution in [3.63, 3.8) is 0 Å². The number of carbonyl (C=O) groups is 2. The van der Waals surface area contributed by atoms with Gasteiger partial charge in [0.25, 0.3) is 0 Å². The van der Waals surface area contributed by atoms with E-state index in [0.717, 1.165) is 74.9 Å². The molecular formula is C58H80ClF4IN4O8Zn. The van der Waals surface area contributed by atoms with Crippen LogP contribution in [0.3, 0.4) is 0 Å². The number of carbonyl (C=O) groups excluding carboxylic acids is 2. The Kier molecular flexibility index (Phi) is 26.9. The van der Waals surface area contributed by atoms with Gasteiger partial charge in [0.15, 0.2) is 0 Å². The number of benzene rings is 4. The van der Waals surface area contributed by atoms with Crippen molar-refractivity contribution in [1.29, 1.82) is 0 Å². The molecule has 0 saturated carbocycles. The first-order valence-corrected chi connectivity index (χ1v) is 30.7. The van der Waals surface area contributed by atoms with Gasteiger partial charge in [-0.25, -0.2) is 27.2 Å². The number of aliphatic hydroxyl groups is 2. The molecule has 19 heteroatoms. The summed E-state index contributed by atoms with van der Waals surface area (Å²) in [5, 5.41) is 34.1. The van der Waals surface area contributed by atoms with Crippen molar-refractivity contribution in [3.05, 3.63) is 134 Å². The molecule has 12 nitrogen and oxygen atoms in total. The molecule has 6 atom stereocenters. The van der Waals surface area contributed by atoms with Gasteiger partial charge in [-0.2, -0.15) is 5.41 Å². The normalized spacial score (nSPS) is 16.7. The van der Waals surface area contributed by atoms with Crippen molar-refractivity contribution in [2.45, 2.75) is 163 Å². The maximum absolute atomic E-state index is 13.8. The van der Waals surface area contributed by atoms with Crippen LogP contribution >= 0.6 is 32.3 Å². The molecule has 0 bridgehead atoms. The molecule has 4 aromatic rings. The minimum absolute atomic E-state index is 0.0247. The number of hydrogen-bond donors (Lipinski definition) is 6. The summed E-state index contributed by atoms with van der Waals surface area (Å²) in [6, 6.07) is 16.7. The van der Waals surface area contributed by atoms with Crippen LogP contribution in [0.25, 0.3) is 0 Å². The molecule has 6 N–H and O–H groups in total. The molecule has 0 unspecified atom stereocenters. The molecule has 6 rings (SSSR count). The fourth-order valence-corrected chi connectivity index (χ4v) is 8.73. The molecule has 2 heterocycles. The van der Waals surface area contributed by atoms with E-state index in [4.69, 9.17) is 28.6 Å². The van der Waals surface area contributed by atoms with Gasteiger partial charge in [0.2, 0.25) is 0 Å². The van der Waals surface area contributed by atoms with E-state index in [-0.39, 0.29) is 48.8 Å². The first-order chi connectivity index (χ1) is 35.7. The third-order valence-electron chi connectivity index (χ3n) is 11.1. The molecule has 424 valence electrons. The summed E-state index contributed by atoms with van der Waals surface area (Å²) in [4.78, 5) is 24.9. The van der Waals surface area contributed by atoms with Gasteiger partial charge < -0.3 is 57.4 Å². The fourth-order valence-electron chi connectivity index (χ4n) is 8.22. The van der Waals surface area contributed by atoms with E-state index >= 15 is 0 Å². The Morgan fingerprint density at radius 3 is 1.36 bits per heavy atom. The van der Waals surface area contributed by atoms with E-state index in [2.05, 4.69) is 104 Å². The van der Waals surface area contributed by atoms with Gasteiger partial charge in [-0.05, 0) is 154 Å². The summed E-state index contributed by atoms with van der Waals surface area (Å²) in [6.07, 6.45) is -1.11. The predicted octanol–water partition coefficient (Wildman–Crippen LogP) is 12.5. The maximum atomic E-state index is 13.8. The fraction of sp³-hybridized carbons (Fsp3) is 0.534. The Bertz CT molecular complexity index is 2460. The standard InChI is InChI=1S/C29H40F2N2O4.C24H29F2IN2O4.C5H11.ClH.Zn/c1-28(2,3)16-18-7-8-26-22(13-18)23(9-10-36-26)32-17-25(34)24(33-27(35)37-29(4,5)6)14-19-11-20(30)15-21(31)12-19;1-24(2,3)33-23(31)29-20(10-14-8-15(25)11-16(26)9-14)21(30)13-28-19-6-7-32-22-5-4-17(27)12-18(19)22;1-5(2,3)4;;/h7-8,11-13,15,23-25,32,34H,9-10,14,16-17H2,1-6H3,(H,33,35);4-5,8-9,11-12,19-21,28,30H,6-7,10,13H2,1-3H3,(H,29,31);1H2,2-4H3;1H;/q;;-1;;+2/p-1/t23-,24-,25+;19-,20-,21+;;;/m00.../s1. The van der Waals surface area contributed by atoms with Crippen LogP contribution in [0.5, 0.6) is 11.5 Å². The number of fused-ring (bicyclic) bond motifs is 2. The average Bonchev–Trinajstić information content (AvgIpc) is 3.27. The molecule has 77 heavy (non-hydrogen) atoms. The van der Waals surface area contributed by atoms with E-state index in [9.17, 15) is 37.4 Å². The second-order valence-corrected chi connectivity index (χ2v) is 24.9. The number of alkyl carbamates (subject to hydrolysis) is 2. The van der Waals surface area contributed by atoms with Crippen molar-refractivity contribution >= 4 is 44.5 Å². The topological polar surface area (TPSA) is 160 Å². The van der Waals surface area contributed by atoms with Gasteiger partial charge in [0.05, 0.1) is 37.5 Å². The van der Waals surface area contributed by atoms with Crippen LogP contribution in [-0.4, -0.2) is 84.2 Å². The van der Waals surface area contributed by atoms with Crippen LogP contribution in [0.1, 0.15) is 136 Å². The number of amides is 2. The van der Waals surface area contributed by atoms with E-state index in [0.29, 0.717) is 24.3 Å². The summed E-state index contributed by atoms with van der Waals surface area (Å²) >= 11 is 3.08. The van der Waals surface area contributed by atoms with E-state index in [1.54, 1.807) is 41.5 Å². The van der Waals surface area contributed by atoms with Gasteiger partial charge in [-0.15, -0.1) is 0 Å². The number of halogens is 6. The SMILES string of the molecule is CC(C)(C)Cc1ccc2c(c1)[C@@H](NC[C@@H](O)[C@H](Cc1cc(F)cc(F)c1)NC(=O)OC(C)(C)C)CCO2.CC(C)(C)OC(=O)N[C@@H](Cc1cc(F)cc(F)c1)[C@H](O)CN[C@H]1CCOc2ccc(I)cc21.[CH2-]C(C)(C)C.[Cl][Zn+]. The third kappa shape index (κ3) is 26.8. The first kappa shape index (κ1) is 67.5. The second kappa shape index (κ2) is 30.7. The monoisotopic (exact) mass is 1260 g/mol. The average molecular weight is 1270 g/mol. The van der Waals surface area contributed by atoms with E-state index < -0.39 is 70.9 Å². The molecule has 0 spiro atoms. The van der Waals surface area contributed by atoms with Crippen LogP contribution in [0.4, 0.5) is 27.2 Å². The Morgan fingerprint density at radius 1 is 0.636 bits per heavy atom. The number of nitrogens with one attached hydrogen (secondary N) is 4. The molecule has 0 saturated heterocycles. The van der Waals surface area contributed by atoms with Crippen molar-refractivity contribution in [1.82, 2.24) is 21.3 Å². The quantitative estimate of drug-likeness (QED) is 0.0293. The summed E-state index contributed by atoms with van der Waals surface area (Å²) in [5.41, 5.74) is 2.81. The van der Waals surface area contributed by atoms with Crippen molar-refractivity contribution < 1.29 is 73.6 Å². The van der Waals surface area contributed by atoms with Crippen LogP contribution in [0, 0.1) is 44.6 Å². The molecule has 0 radical (unpaired) electrons. The minimum atomic E-state index is -1.05. The zero-order chi connectivity index (χ0) is 58.1. The number of rotatable bonds is 15. The number of aliphatic hydroxyl groups excluding tert-OH is 2. The van der Waals surface area contributed by atoms with Crippen LogP contribution in [-0.2, 0) is 46.0 Å². The Balaban J connectivity index is 0.000000363. The molecule has 2 amide bonds. The molecule has 0 fully saturated rings. The molecule has 2 aliphatic heterocycles. The Hall–Kier alpha value is -3.78. The molecule has 2 aliphatic rings. The van der Waals surface area contributed by atoms with Crippen LogP contribution in [0.15, 0.2) is 72.8 Å². The Labute approximate surface area is 482 Å². The van der Waals surface area contributed by atoms with E-state index in [1.165, 1.54) is 29.8 Å². The molecule has 0 aliphatic carbocycles. The summed E-state index contributed by atoms with van der Waals surface area (Å²) in [5.74, 6) is -1.27. The predicted molar refractivity (Wildman–Crippen MR) is 300 cm³/mol. The zero-order valence-corrected chi connectivity index (χ0v) is 52.7. The number of ether oxygens (including phenoxy) is 4. The Morgan fingerprint density at radius 2 is 1.00 bits per heavy atom. The van der Waals surface area contributed by atoms with Gasteiger partial charge >= 0.3 is 39.2 Å². The van der Waals surface area contributed by atoms with Gasteiger partial charge in [-0.3, -0.25) is 0 Å². The molecule has 4 aromatic carbocycles. The van der Waals surface area contributed by atoms with Crippen LogP contribution < -0.4 is 30.7 Å². The van der Waals surface area contributed by atoms with Gasteiger partial charge in [0, 0.05) is 64.8 Å². The third-order valence-corrected chi connectivity index (χ3v) is 11.8. The summed E-state index contributed by atoms with van der Waals surface area (Å²) in [6.45, 7) is 28.3. The summed E-state index contributed by atoms with van der Waals surface area (Å²) in [7, 11) is 4.76. The van der Waals surface area contributed by atoms with E-state index in [1.807, 2.05) is 24.3 Å². The number of hydrogen-bond acceptors (Lipinski definition) is 10. The summed E-state index contributed by atoms with van der Waals surface area (Å²) < 4.78 is 78.3. The van der Waals surface area contributed by atoms with Gasteiger partial charge in [0.1, 0.15) is 46.0 Å². The molecular weight excluding hydrogens is 1180 g/mol. The zero-order valence-electron chi connectivity index (χ0n) is 46.8. The van der Waals surface area contributed by atoms with Crippen LogP contribution in [0.2, 0.25) is 0 Å². The first-order valence-electron chi connectivity index (χ1n) is 25.7. The van der Waals surface area contributed by atoms with Crippen molar-refractivity contribution in [3.8, 4) is 11.5 Å². The second-order valence-electron chi connectivity index (χ2n) is 23.7. The van der Waals surface area contributed by atoms with Gasteiger partial charge in [-0.1, -0.05) is 53.7 Å². The van der Waals surface area contributed by atoms with Crippen molar-refractivity contribution in [2.75, 3.05) is 26.3 Å².